The highest BCUT2D eigenvalue weighted by Crippen LogP contribution is 2.29. The fourth-order valence-electron chi connectivity index (χ4n) is 3.29. The summed E-state index contributed by atoms with van der Waals surface area (Å²) in [7, 11) is 1.57. The van der Waals surface area contributed by atoms with Gasteiger partial charge in [0.25, 0.3) is 0 Å². The second-order valence-corrected chi connectivity index (χ2v) is 9.33. The van der Waals surface area contributed by atoms with Crippen molar-refractivity contribution < 1.29 is 33.3 Å². The molecular weight excluding hydrogens is 479 g/mol. The number of carboxylic acids is 1. The van der Waals surface area contributed by atoms with E-state index in [2.05, 4.69) is 10.6 Å². The second kappa shape index (κ2) is 12.7. The molecule has 2 rings (SSSR count). The predicted octanol–water partition coefficient (Wildman–Crippen LogP) is 4.10. The van der Waals surface area contributed by atoms with Gasteiger partial charge < -0.3 is 24.6 Å². The van der Waals surface area contributed by atoms with Crippen LogP contribution in [0.15, 0.2) is 36.4 Å². The van der Waals surface area contributed by atoms with Crippen LogP contribution in [0.4, 0.5) is 4.39 Å². The van der Waals surface area contributed by atoms with Gasteiger partial charge in [-0.2, -0.15) is 0 Å². The van der Waals surface area contributed by atoms with Gasteiger partial charge >= 0.3 is 11.9 Å². The maximum absolute atomic E-state index is 14.3. The average Bonchev–Trinajstić information content (AvgIpc) is 2.76. The summed E-state index contributed by atoms with van der Waals surface area (Å²) in [6.07, 6.45) is 0. The van der Waals surface area contributed by atoms with Gasteiger partial charge in [0.1, 0.15) is 35.6 Å². The number of carboxylic acid groups (broad SMARTS) is 1. The summed E-state index contributed by atoms with van der Waals surface area (Å²) < 4.78 is 30.8. The van der Waals surface area contributed by atoms with Crippen LogP contribution in [-0.4, -0.2) is 48.9 Å². The van der Waals surface area contributed by atoms with E-state index in [9.17, 15) is 14.0 Å². The maximum atomic E-state index is 14.3. The van der Waals surface area contributed by atoms with Crippen molar-refractivity contribution in [1.29, 1.82) is 0 Å². The molecule has 0 aliphatic rings. The molecule has 0 saturated heterocycles. The van der Waals surface area contributed by atoms with Crippen LogP contribution in [0.1, 0.15) is 44.9 Å². The van der Waals surface area contributed by atoms with Gasteiger partial charge in [0.15, 0.2) is 0 Å². The first-order chi connectivity index (χ1) is 16.4. The molecule has 2 aromatic rings. The zero-order valence-electron chi connectivity index (χ0n) is 20.5. The Kier molecular flexibility index (Phi) is 10.3. The number of nitrogens with one attached hydrogen (secondary N) is 2. The van der Waals surface area contributed by atoms with E-state index in [0.29, 0.717) is 22.6 Å². The molecule has 8 nitrogen and oxygen atoms in total. The molecule has 3 N–H and O–H groups in total. The highest BCUT2D eigenvalue weighted by Gasteiger charge is 2.28. The number of hydrogen-bond acceptors (Lipinski definition) is 7. The van der Waals surface area contributed by atoms with Crippen LogP contribution in [0, 0.1) is 5.82 Å². The van der Waals surface area contributed by atoms with Crippen molar-refractivity contribution in [2.45, 2.75) is 52.0 Å². The molecule has 0 amide bonds. The van der Waals surface area contributed by atoms with Crippen molar-refractivity contribution in [1.82, 2.24) is 10.6 Å². The van der Waals surface area contributed by atoms with Crippen LogP contribution in [-0.2, 0) is 20.9 Å². The Morgan fingerprint density at radius 1 is 1.14 bits per heavy atom. The van der Waals surface area contributed by atoms with E-state index in [1.54, 1.807) is 59.1 Å². The fraction of sp³-hybridized carbons (Fsp3) is 0.440. The van der Waals surface area contributed by atoms with Gasteiger partial charge in [0, 0.05) is 18.2 Å². The highest BCUT2D eigenvalue weighted by molar-refractivity contribution is 6.31. The lowest BCUT2D eigenvalue weighted by molar-refractivity contribution is -0.157. The Morgan fingerprint density at radius 3 is 2.34 bits per heavy atom. The molecule has 10 heteroatoms. The largest absolute Gasteiger partial charge is 0.497 e. The molecular formula is C25H32ClFN2O6. The number of rotatable bonds is 12. The third-order valence-electron chi connectivity index (χ3n) is 4.87. The van der Waals surface area contributed by atoms with Gasteiger partial charge in [-0.3, -0.25) is 14.9 Å². The second-order valence-electron chi connectivity index (χ2n) is 8.92. The average molecular weight is 511 g/mol. The van der Waals surface area contributed by atoms with E-state index >= 15 is 0 Å². The summed E-state index contributed by atoms with van der Waals surface area (Å²) in [5.74, 6) is -0.913. The van der Waals surface area contributed by atoms with Gasteiger partial charge in [-0.15, -0.1) is 0 Å². The molecule has 0 aliphatic carbocycles. The highest BCUT2D eigenvalue weighted by atomic mass is 35.5. The molecule has 0 unspecified atom stereocenters. The third kappa shape index (κ3) is 9.35. The lowest BCUT2D eigenvalue weighted by Gasteiger charge is -2.28. The first kappa shape index (κ1) is 28.4. The van der Waals surface area contributed by atoms with Crippen molar-refractivity contribution in [3.63, 3.8) is 0 Å². The standard InChI is InChI=1S/C25H32ClFN2O6/c1-15(29-22(12-28-13-23(30)31)24(32)35-25(2,3)4)19-10-16(27)11-21(26)20(19)14-34-18-8-6-17(33-5)7-9-18/h6-11,15,22,28-29H,12-14H2,1-5H3,(H,30,31)/t15-,22-/m0/s1. The molecule has 0 fully saturated rings. The van der Waals surface area contributed by atoms with Crippen molar-refractivity contribution in [2.75, 3.05) is 20.2 Å². The van der Waals surface area contributed by atoms with Crippen LogP contribution in [0.3, 0.4) is 0 Å². The zero-order chi connectivity index (χ0) is 26.2. The Bertz CT molecular complexity index is 1010. The van der Waals surface area contributed by atoms with Gasteiger partial charge in [-0.1, -0.05) is 11.6 Å². The quantitative estimate of drug-likeness (QED) is 0.366. The van der Waals surface area contributed by atoms with Crippen LogP contribution in [0.25, 0.3) is 0 Å². The predicted molar refractivity (Wildman–Crippen MR) is 130 cm³/mol. The normalized spacial score (nSPS) is 13.1. The number of halogens is 2. The van der Waals surface area contributed by atoms with E-state index in [0.717, 1.165) is 0 Å². The molecule has 192 valence electrons. The van der Waals surface area contributed by atoms with Gasteiger partial charge in [-0.25, -0.2) is 4.39 Å². The molecule has 2 atom stereocenters. The number of methoxy groups -OCH3 is 1. The lowest BCUT2D eigenvalue weighted by Crippen LogP contribution is -2.49. The summed E-state index contributed by atoms with van der Waals surface area (Å²) >= 11 is 6.36. The summed E-state index contributed by atoms with van der Waals surface area (Å²) in [6.45, 7) is 6.66. The maximum Gasteiger partial charge on any atom is 0.325 e. The van der Waals surface area contributed by atoms with E-state index in [1.807, 2.05) is 0 Å². The molecule has 2 aromatic carbocycles. The fourth-order valence-corrected chi connectivity index (χ4v) is 3.56. The molecule has 0 bridgehead atoms. The van der Waals surface area contributed by atoms with E-state index in [4.69, 9.17) is 30.9 Å². The number of hydrogen-bond donors (Lipinski definition) is 3. The molecule has 0 saturated carbocycles. The van der Waals surface area contributed by atoms with Crippen molar-refractivity contribution in [3.05, 3.63) is 58.4 Å². The Balaban J connectivity index is 2.24. The first-order valence-corrected chi connectivity index (χ1v) is 11.4. The Hall–Kier alpha value is -2.88. The topological polar surface area (TPSA) is 106 Å². The minimum absolute atomic E-state index is 0.00766. The molecule has 0 heterocycles. The van der Waals surface area contributed by atoms with Crippen molar-refractivity contribution >= 4 is 23.5 Å². The van der Waals surface area contributed by atoms with E-state index in [1.165, 1.54) is 12.1 Å². The molecule has 0 spiro atoms. The number of esters is 1. The Morgan fingerprint density at radius 2 is 1.77 bits per heavy atom. The van der Waals surface area contributed by atoms with E-state index in [-0.39, 0.29) is 24.7 Å². The smallest absolute Gasteiger partial charge is 0.325 e. The Labute approximate surface area is 209 Å². The summed E-state index contributed by atoms with van der Waals surface area (Å²) in [5, 5.41) is 14.9. The summed E-state index contributed by atoms with van der Waals surface area (Å²) in [5.41, 5.74) is 0.299. The van der Waals surface area contributed by atoms with Crippen LogP contribution in [0.2, 0.25) is 5.02 Å². The lowest BCUT2D eigenvalue weighted by atomic mass is 10.0. The van der Waals surface area contributed by atoms with Crippen molar-refractivity contribution in [2.24, 2.45) is 0 Å². The molecule has 35 heavy (non-hydrogen) atoms. The van der Waals surface area contributed by atoms with Crippen LogP contribution < -0.4 is 20.1 Å². The van der Waals surface area contributed by atoms with Gasteiger partial charge in [0.2, 0.25) is 0 Å². The van der Waals surface area contributed by atoms with Gasteiger partial charge in [0.05, 0.1) is 18.7 Å². The minimum Gasteiger partial charge on any atom is -0.497 e. The zero-order valence-corrected chi connectivity index (χ0v) is 21.2. The molecule has 0 radical (unpaired) electrons. The monoisotopic (exact) mass is 510 g/mol. The van der Waals surface area contributed by atoms with Crippen LogP contribution >= 0.6 is 11.6 Å². The van der Waals surface area contributed by atoms with Crippen LogP contribution in [0.5, 0.6) is 11.5 Å². The summed E-state index contributed by atoms with van der Waals surface area (Å²) in [4.78, 5) is 23.7. The first-order valence-electron chi connectivity index (χ1n) is 11.1. The summed E-state index contributed by atoms with van der Waals surface area (Å²) in [6, 6.07) is 8.05. The van der Waals surface area contributed by atoms with Crippen molar-refractivity contribution in [3.8, 4) is 11.5 Å². The molecule has 0 aromatic heterocycles. The number of ether oxygens (including phenoxy) is 3. The number of carbonyl (C=O) groups is 2. The van der Waals surface area contributed by atoms with E-state index < -0.39 is 35.4 Å². The third-order valence-corrected chi connectivity index (χ3v) is 5.21. The minimum atomic E-state index is -1.06. The van der Waals surface area contributed by atoms with Gasteiger partial charge in [-0.05, 0) is 69.7 Å². The molecule has 0 aliphatic heterocycles. The SMILES string of the molecule is COc1ccc(OCc2c(Cl)cc(F)cc2[C@H](C)N[C@@H](CNCC(=O)O)C(=O)OC(C)(C)C)cc1. The number of carbonyl (C=O) groups excluding carboxylic acids is 1. The number of benzene rings is 2. The number of aliphatic carboxylic acids is 1.